The van der Waals surface area contributed by atoms with E-state index in [9.17, 15) is 4.79 Å². The number of imidazole rings is 1. The fourth-order valence-corrected chi connectivity index (χ4v) is 1.45. The van der Waals surface area contributed by atoms with Crippen LogP contribution in [-0.4, -0.2) is 23.1 Å². The molecule has 0 radical (unpaired) electrons. The Bertz CT molecular complexity index is 282. The number of aromatic nitrogens is 2. The summed E-state index contributed by atoms with van der Waals surface area (Å²) in [6.45, 7) is 2.13. The molecule has 4 nitrogen and oxygen atoms in total. The van der Waals surface area contributed by atoms with Gasteiger partial charge in [0.15, 0.2) is 0 Å². The number of H-pyrrole nitrogens is 2. The van der Waals surface area contributed by atoms with Gasteiger partial charge in [-0.15, -0.1) is 0 Å². The Morgan fingerprint density at radius 3 is 2.64 bits per heavy atom. The van der Waals surface area contributed by atoms with E-state index in [2.05, 4.69) is 14.9 Å². The largest absolute Gasteiger partial charge is 0.357 e. The van der Waals surface area contributed by atoms with Gasteiger partial charge in [-0.05, 0) is 12.8 Å². The summed E-state index contributed by atoms with van der Waals surface area (Å²) in [5.74, 6) is 0.924. The van der Waals surface area contributed by atoms with Gasteiger partial charge in [0.2, 0.25) is 0 Å². The Labute approximate surface area is 64.2 Å². The lowest BCUT2D eigenvalue weighted by Crippen LogP contribution is -2.18. The lowest BCUT2D eigenvalue weighted by Gasteiger charge is -2.12. The molecule has 0 aliphatic carbocycles. The van der Waals surface area contributed by atoms with E-state index in [-0.39, 0.29) is 5.69 Å². The number of aromatic amines is 2. The second-order valence-electron chi connectivity index (χ2n) is 2.82. The van der Waals surface area contributed by atoms with E-state index in [1.807, 2.05) is 0 Å². The summed E-state index contributed by atoms with van der Waals surface area (Å²) in [5, 5.41) is 0. The maximum absolute atomic E-state index is 10.7. The molecule has 1 aliphatic heterocycles. The molecule has 0 saturated carbocycles. The number of nitrogens with one attached hydrogen (secondary N) is 2. The topological polar surface area (TPSA) is 51.9 Å². The highest BCUT2D eigenvalue weighted by Gasteiger charge is 2.12. The van der Waals surface area contributed by atoms with E-state index in [0.717, 1.165) is 18.9 Å². The predicted octanol–water partition coefficient (Wildman–Crippen LogP) is 0.303. The zero-order valence-electron chi connectivity index (χ0n) is 6.26. The molecular weight excluding hydrogens is 142 g/mol. The molecule has 1 aliphatic rings. The first-order valence-corrected chi connectivity index (χ1v) is 3.89. The Morgan fingerprint density at radius 2 is 2.09 bits per heavy atom. The predicted molar refractivity (Wildman–Crippen MR) is 42.9 cm³/mol. The van der Waals surface area contributed by atoms with Crippen LogP contribution in [0, 0.1) is 0 Å². The highest BCUT2D eigenvalue weighted by atomic mass is 16.1. The molecule has 0 aromatic carbocycles. The fraction of sp³-hybridized carbons (Fsp3) is 0.571. The number of hydrogen-bond donors (Lipinski definition) is 2. The molecule has 2 N–H and O–H groups in total. The van der Waals surface area contributed by atoms with Gasteiger partial charge >= 0.3 is 5.69 Å². The number of nitrogens with zero attached hydrogens (tertiary/aromatic N) is 1. The van der Waals surface area contributed by atoms with E-state index >= 15 is 0 Å². The Kier molecular flexibility index (Phi) is 1.45. The van der Waals surface area contributed by atoms with Crippen LogP contribution in [0.1, 0.15) is 12.8 Å². The van der Waals surface area contributed by atoms with E-state index in [1.165, 1.54) is 12.8 Å². The average Bonchev–Trinajstić information content (AvgIpc) is 2.55. The van der Waals surface area contributed by atoms with E-state index in [1.54, 1.807) is 6.20 Å². The van der Waals surface area contributed by atoms with Crippen LogP contribution in [0.2, 0.25) is 0 Å². The summed E-state index contributed by atoms with van der Waals surface area (Å²) >= 11 is 0. The highest BCUT2D eigenvalue weighted by molar-refractivity contribution is 5.36. The van der Waals surface area contributed by atoms with Gasteiger partial charge < -0.3 is 9.88 Å². The molecule has 1 saturated heterocycles. The van der Waals surface area contributed by atoms with E-state index < -0.39 is 0 Å². The summed E-state index contributed by atoms with van der Waals surface area (Å²) < 4.78 is 0. The quantitative estimate of drug-likeness (QED) is 0.609. The fourth-order valence-electron chi connectivity index (χ4n) is 1.45. The van der Waals surface area contributed by atoms with Gasteiger partial charge in [0, 0.05) is 19.3 Å². The normalized spacial score (nSPS) is 17.6. The molecule has 0 bridgehead atoms. The van der Waals surface area contributed by atoms with Crippen LogP contribution in [0.3, 0.4) is 0 Å². The molecule has 4 heteroatoms. The molecule has 11 heavy (non-hydrogen) atoms. The van der Waals surface area contributed by atoms with Crippen molar-refractivity contribution in [1.82, 2.24) is 9.97 Å². The molecule has 1 aromatic rings. The monoisotopic (exact) mass is 153 g/mol. The van der Waals surface area contributed by atoms with Crippen molar-refractivity contribution in [3.8, 4) is 0 Å². The third-order valence-corrected chi connectivity index (χ3v) is 2.03. The van der Waals surface area contributed by atoms with Crippen molar-refractivity contribution in [3.63, 3.8) is 0 Å². The molecule has 0 unspecified atom stereocenters. The van der Waals surface area contributed by atoms with Crippen molar-refractivity contribution in [3.05, 3.63) is 16.7 Å². The van der Waals surface area contributed by atoms with Crippen molar-refractivity contribution in [2.75, 3.05) is 18.0 Å². The minimum absolute atomic E-state index is 0.119. The number of hydrogen-bond acceptors (Lipinski definition) is 2. The Morgan fingerprint density at radius 1 is 1.36 bits per heavy atom. The molecule has 0 amide bonds. The van der Waals surface area contributed by atoms with Crippen molar-refractivity contribution in [2.24, 2.45) is 0 Å². The maximum atomic E-state index is 10.7. The van der Waals surface area contributed by atoms with Crippen molar-refractivity contribution >= 4 is 5.82 Å². The van der Waals surface area contributed by atoms with Gasteiger partial charge in [0.1, 0.15) is 5.82 Å². The Hall–Kier alpha value is -1.19. The first kappa shape index (κ1) is 6.52. The third kappa shape index (κ3) is 1.15. The Balaban J connectivity index is 2.21. The van der Waals surface area contributed by atoms with Crippen molar-refractivity contribution in [1.29, 1.82) is 0 Å². The minimum atomic E-state index is -0.119. The highest BCUT2D eigenvalue weighted by Crippen LogP contribution is 2.14. The average molecular weight is 153 g/mol. The standard InChI is InChI=1S/C7H11N3O/c11-7-8-5-6(9-7)10-3-1-2-4-10/h5H,1-4H2,(H2,8,9,11). The maximum Gasteiger partial charge on any atom is 0.324 e. The SMILES string of the molecule is O=c1[nH]cc(N2CCCC2)[nH]1. The minimum Gasteiger partial charge on any atom is -0.357 e. The summed E-state index contributed by atoms with van der Waals surface area (Å²) in [4.78, 5) is 18.2. The third-order valence-electron chi connectivity index (χ3n) is 2.03. The van der Waals surface area contributed by atoms with Gasteiger partial charge in [0.25, 0.3) is 0 Å². The summed E-state index contributed by atoms with van der Waals surface area (Å²) in [6, 6.07) is 0. The molecule has 0 atom stereocenters. The molecule has 2 heterocycles. The zero-order valence-corrected chi connectivity index (χ0v) is 6.26. The molecule has 1 fully saturated rings. The van der Waals surface area contributed by atoms with Crippen LogP contribution < -0.4 is 10.6 Å². The first-order valence-electron chi connectivity index (χ1n) is 3.89. The van der Waals surface area contributed by atoms with Crippen LogP contribution in [0.25, 0.3) is 0 Å². The van der Waals surface area contributed by atoms with Crippen molar-refractivity contribution < 1.29 is 0 Å². The lowest BCUT2D eigenvalue weighted by atomic mass is 10.4. The summed E-state index contributed by atoms with van der Waals surface area (Å²) in [7, 11) is 0. The smallest absolute Gasteiger partial charge is 0.324 e. The van der Waals surface area contributed by atoms with Gasteiger partial charge in [-0.3, -0.25) is 4.98 Å². The second kappa shape index (κ2) is 2.45. The van der Waals surface area contributed by atoms with E-state index in [0.29, 0.717) is 0 Å². The molecule has 60 valence electrons. The molecule has 2 rings (SSSR count). The first-order chi connectivity index (χ1) is 5.36. The van der Waals surface area contributed by atoms with E-state index in [4.69, 9.17) is 0 Å². The molecule has 0 spiro atoms. The second-order valence-corrected chi connectivity index (χ2v) is 2.82. The van der Waals surface area contributed by atoms with Crippen LogP contribution in [0.5, 0.6) is 0 Å². The summed E-state index contributed by atoms with van der Waals surface area (Å²) in [6.07, 6.45) is 4.19. The molecular formula is C7H11N3O. The number of anilines is 1. The van der Waals surface area contributed by atoms with Crippen LogP contribution in [-0.2, 0) is 0 Å². The van der Waals surface area contributed by atoms with Gasteiger partial charge in [-0.2, -0.15) is 0 Å². The van der Waals surface area contributed by atoms with Gasteiger partial charge in [-0.25, -0.2) is 4.79 Å². The zero-order chi connectivity index (χ0) is 7.68. The summed E-state index contributed by atoms with van der Waals surface area (Å²) in [5.41, 5.74) is -0.119. The van der Waals surface area contributed by atoms with Crippen LogP contribution >= 0.6 is 0 Å². The van der Waals surface area contributed by atoms with Crippen LogP contribution in [0.4, 0.5) is 5.82 Å². The van der Waals surface area contributed by atoms with Crippen LogP contribution in [0.15, 0.2) is 11.0 Å². The molecule has 1 aromatic heterocycles. The van der Waals surface area contributed by atoms with Gasteiger partial charge in [-0.1, -0.05) is 0 Å². The van der Waals surface area contributed by atoms with Gasteiger partial charge in [0.05, 0.1) is 0 Å². The number of rotatable bonds is 1. The lowest BCUT2D eigenvalue weighted by molar-refractivity contribution is 0.942. The van der Waals surface area contributed by atoms with Crippen molar-refractivity contribution in [2.45, 2.75) is 12.8 Å².